The fourth-order valence-electron chi connectivity index (χ4n) is 2.45. The number of aromatic nitrogens is 2. The predicted molar refractivity (Wildman–Crippen MR) is 80.5 cm³/mol. The van der Waals surface area contributed by atoms with E-state index in [-0.39, 0.29) is 5.41 Å². The molecule has 2 heterocycles. The first-order valence-corrected chi connectivity index (χ1v) is 8.10. The molecule has 0 amide bonds. The van der Waals surface area contributed by atoms with E-state index in [0.717, 1.165) is 30.9 Å². The van der Waals surface area contributed by atoms with E-state index < -0.39 is 5.60 Å². The molecule has 0 unspecified atom stereocenters. The molecule has 108 valence electrons. The van der Waals surface area contributed by atoms with Gasteiger partial charge in [-0.3, -0.25) is 5.10 Å². The first-order valence-electron chi connectivity index (χ1n) is 6.94. The first kappa shape index (κ1) is 14.9. The number of aromatic amines is 1. The molecule has 3 N–H and O–H groups in total. The molecule has 1 aromatic heterocycles. The fraction of sp³-hybridized carbons (Fsp3) is 0.786. The molecule has 1 aliphatic rings. The van der Waals surface area contributed by atoms with Crippen molar-refractivity contribution in [3.63, 3.8) is 0 Å². The van der Waals surface area contributed by atoms with Crippen molar-refractivity contribution < 1.29 is 5.11 Å². The Morgan fingerprint density at radius 3 is 2.74 bits per heavy atom. The van der Waals surface area contributed by atoms with Crippen molar-refractivity contribution in [2.45, 2.75) is 51.2 Å². The normalized spacial score (nSPS) is 19.6. The smallest absolute Gasteiger partial charge is 0.0787 e. The molecule has 0 radical (unpaired) electrons. The molecular formula is C14H25N3OS. The number of thioether (sulfide) groups is 1. The molecule has 0 bridgehead atoms. The van der Waals surface area contributed by atoms with Gasteiger partial charge >= 0.3 is 0 Å². The molecule has 1 fully saturated rings. The number of hydrogen-bond acceptors (Lipinski definition) is 4. The largest absolute Gasteiger partial charge is 0.389 e. The standard InChI is InChI=1S/C14H25N3OS/c1-13(2,3)12-11(9-16-17-12)8-15-10-14(18)4-6-19-7-5-14/h9,15,18H,4-8,10H2,1-3H3,(H,16,17). The monoisotopic (exact) mass is 283 g/mol. The summed E-state index contributed by atoms with van der Waals surface area (Å²) in [4.78, 5) is 0. The molecule has 1 aromatic rings. The van der Waals surface area contributed by atoms with Crippen molar-refractivity contribution in [3.05, 3.63) is 17.5 Å². The second-order valence-electron chi connectivity index (χ2n) is 6.46. The van der Waals surface area contributed by atoms with Crippen LogP contribution in [-0.4, -0.2) is 39.0 Å². The number of hydrogen-bond donors (Lipinski definition) is 3. The highest BCUT2D eigenvalue weighted by atomic mass is 32.2. The minimum absolute atomic E-state index is 0.0753. The highest BCUT2D eigenvalue weighted by Gasteiger charge is 2.29. The molecule has 0 aromatic carbocycles. The summed E-state index contributed by atoms with van der Waals surface area (Å²) in [5.41, 5.74) is 1.93. The molecular weight excluding hydrogens is 258 g/mol. The second kappa shape index (κ2) is 5.85. The average molecular weight is 283 g/mol. The van der Waals surface area contributed by atoms with Gasteiger partial charge in [-0.1, -0.05) is 20.8 Å². The predicted octanol–water partition coefficient (Wildman–Crippen LogP) is 2.05. The lowest BCUT2D eigenvalue weighted by atomic mass is 9.89. The SMILES string of the molecule is CC(C)(C)c1[nH]ncc1CNCC1(O)CCSCC1. The third-order valence-corrected chi connectivity index (χ3v) is 4.65. The highest BCUT2D eigenvalue weighted by Crippen LogP contribution is 2.27. The van der Waals surface area contributed by atoms with Crippen LogP contribution in [0.2, 0.25) is 0 Å². The lowest BCUT2D eigenvalue weighted by Crippen LogP contribution is -2.43. The molecule has 0 saturated carbocycles. The van der Waals surface area contributed by atoms with Crippen LogP contribution in [0, 0.1) is 0 Å². The van der Waals surface area contributed by atoms with Gasteiger partial charge in [0.05, 0.1) is 11.8 Å². The van der Waals surface area contributed by atoms with Gasteiger partial charge in [0.2, 0.25) is 0 Å². The summed E-state index contributed by atoms with van der Waals surface area (Å²) in [7, 11) is 0. The molecule has 5 heteroatoms. The van der Waals surface area contributed by atoms with Crippen LogP contribution in [0.25, 0.3) is 0 Å². The van der Waals surface area contributed by atoms with Gasteiger partial charge in [0.15, 0.2) is 0 Å². The van der Waals surface area contributed by atoms with Crippen molar-refractivity contribution in [3.8, 4) is 0 Å². The van der Waals surface area contributed by atoms with Crippen LogP contribution in [0.15, 0.2) is 6.20 Å². The minimum Gasteiger partial charge on any atom is -0.389 e. The molecule has 0 atom stereocenters. The maximum Gasteiger partial charge on any atom is 0.0787 e. The number of aliphatic hydroxyl groups is 1. The first-order chi connectivity index (χ1) is 8.91. The van der Waals surface area contributed by atoms with Gasteiger partial charge in [0.1, 0.15) is 0 Å². The molecule has 4 nitrogen and oxygen atoms in total. The van der Waals surface area contributed by atoms with Crippen LogP contribution in [0.5, 0.6) is 0 Å². The summed E-state index contributed by atoms with van der Waals surface area (Å²) in [5.74, 6) is 2.13. The molecule has 1 aliphatic heterocycles. The van der Waals surface area contributed by atoms with E-state index in [2.05, 4.69) is 36.3 Å². The van der Waals surface area contributed by atoms with Crippen LogP contribution in [0.4, 0.5) is 0 Å². The lowest BCUT2D eigenvalue weighted by molar-refractivity contribution is 0.0320. The zero-order valence-electron chi connectivity index (χ0n) is 12.1. The summed E-state index contributed by atoms with van der Waals surface area (Å²) >= 11 is 1.93. The Hall–Kier alpha value is -0.520. The van der Waals surface area contributed by atoms with E-state index in [1.807, 2.05) is 18.0 Å². The quantitative estimate of drug-likeness (QED) is 0.791. The topological polar surface area (TPSA) is 60.9 Å². The summed E-state index contributed by atoms with van der Waals surface area (Å²) in [6.45, 7) is 7.96. The molecule has 1 saturated heterocycles. The zero-order chi connectivity index (χ0) is 13.9. The van der Waals surface area contributed by atoms with E-state index in [1.165, 1.54) is 11.3 Å². The molecule has 2 rings (SSSR count). The van der Waals surface area contributed by atoms with Crippen LogP contribution < -0.4 is 5.32 Å². The van der Waals surface area contributed by atoms with Crippen molar-refractivity contribution >= 4 is 11.8 Å². The van der Waals surface area contributed by atoms with E-state index in [9.17, 15) is 5.11 Å². The van der Waals surface area contributed by atoms with E-state index >= 15 is 0 Å². The van der Waals surface area contributed by atoms with E-state index in [4.69, 9.17) is 0 Å². The van der Waals surface area contributed by atoms with Crippen molar-refractivity contribution in [1.29, 1.82) is 0 Å². The van der Waals surface area contributed by atoms with Crippen LogP contribution in [0.3, 0.4) is 0 Å². The third kappa shape index (κ3) is 3.97. The van der Waals surface area contributed by atoms with Gasteiger partial charge in [0.25, 0.3) is 0 Å². The third-order valence-electron chi connectivity index (χ3n) is 3.66. The second-order valence-corrected chi connectivity index (χ2v) is 7.69. The number of rotatable bonds is 4. The number of nitrogens with one attached hydrogen (secondary N) is 2. The van der Waals surface area contributed by atoms with Crippen molar-refractivity contribution in [2.75, 3.05) is 18.1 Å². The Morgan fingerprint density at radius 1 is 1.42 bits per heavy atom. The molecule has 19 heavy (non-hydrogen) atoms. The zero-order valence-corrected chi connectivity index (χ0v) is 12.9. The van der Waals surface area contributed by atoms with Crippen molar-refractivity contribution in [2.24, 2.45) is 0 Å². The van der Waals surface area contributed by atoms with Crippen LogP contribution in [0.1, 0.15) is 44.9 Å². The summed E-state index contributed by atoms with van der Waals surface area (Å²) < 4.78 is 0. The maximum atomic E-state index is 10.4. The van der Waals surface area contributed by atoms with Gasteiger partial charge < -0.3 is 10.4 Å². The number of nitrogens with zero attached hydrogens (tertiary/aromatic N) is 1. The van der Waals surface area contributed by atoms with Gasteiger partial charge in [0, 0.05) is 29.8 Å². The van der Waals surface area contributed by atoms with Gasteiger partial charge in [-0.15, -0.1) is 0 Å². The Kier molecular flexibility index (Phi) is 4.58. The summed E-state index contributed by atoms with van der Waals surface area (Å²) in [6, 6.07) is 0. The molecule has 0 spiro atoms. The van der Waals surface area contributed by atoms with Crippen molar-refractivity contribution in [1.82, 2.24) is 15.5 Å². The van der Waals surface area contributed by atoms with Gasteiger partial charge in [-0.2, -0.15) is 16.9 Å². The van der Waals surface area contributed by atoms with Crippen LogP contribution in [-0.2, 0) is 12.0 Å². The minimum atomic E-state index is -0.517. The van der Waals surface area contributed by atoms with E-state index in [1.54, 1.807) is 0 Å². The summed E-state index contributed by atoms with van der Waals surface area (Å²) in [5, 5.41) is 21.0. The Bertz CT molecular complexity index is 405. The van der Waals surface area contributed by atoms with Crippen LogP contribution >= 0.6 is 11.8 Å². The Morgan fingerprint density at radius 2 is 2.11 bits per heavy atom. The average Bonchev–Trinajstić information content (AvgIpc) is 2.78. The number of H-pyrrole nitrogens is 1. The summed E-state index contributed by atoms with van der Waals surface area (Å²) in [6.07, 6.45) is 3.67. The maximum absolute atomic E-state index is 10.4. The Balaban J connectivity index is 1.87. The van der Waals surface area contributed by atoms with E-state index in [0.29, 0.717) is 6.54 Å². The fourth-order valence-corrected chi connectivity index (χ4v) is 3.71. The van der Waals surface area contributed by atoms with Gasteiger partial charge in [-0.05, 0) is 24.3 Å². The highest BCUT2D eigenvalue weighted by molar-refractivity contribution is 7.99. The van der Waals surface area contributed by atoms with Gasteiger partial charge in [-0.25, -0.2) is 0 Å². The Labute approximate surface area is 119 Å². The molecule has 0 aliphatic carbocycles. The lowest BCUT2D eigenvalue weighted by Gasteiger charge is -2.32.